The van der Waals surface area contributed by atoms with Gasteiger partial charge in [-0.15, -0.1) is 12.6 Å². The summed E-state index contributed by atoms with van der Waals surface area (Å²) in [7, 11) is 0. The molecule has 0 bridgehead atoms. The van der Waals surface area contributed by atoms with E-state index in [1.54, 1.807) is 6.92 Å². The fraction of sp³-hybridized carbons (Fsp3) is 0.167. The molecule has 4 heteroatoms. The van der Waals surface area contributed by atoms with E-state index < -0.39 is 5.97 Å². The van der Waals surface area contributed by atoms with Gasteiger partial charge in [-0.25, -0.2) is 0 Å². The molecule has 16 heavy (non-hydrogen) atoms. The van der Waals surface area contributed by atoms with Crippen molar-refractivity contribution < 1.29 is 14.7 Å². The van der Waals surface area contributed by atoms with Crippen molar-refractivity contribution in [3.63, 3.8) is 0 Å². The van der Waals surface area contributed by atoms with Crippen molar-refractivity contribution in [1.29, 1.82) is 0 Å². The minimum Gasteiger partial charge on any atom is -0.481 e. The minimum absolute atomic E-state index is 0.182. The van der Waals surface area contributed by atoms with Gasteiger partial charge in [0, 0.05) is 12.5 Å². The second-order valence-corrected chi connectivity index (χ2v) is 3.47. The summed E-state index contributed by atoms with van der Waals surface area (Å²) in [6, 6.07) is 9.69. The first-order valence-electron chi connectivity index (χ1n) is 4.59. The molecule has 0 fully saturated rings. The molecule has 0 aliphatic heterocycles. The lowest BCUT2D eigenvalue weighted by atomic mass is 10.1. The first-order chi connectivity index (χ1) is 7.43. The minimum atomic E-state index is -0.833. The van der Waals surface area contributed by atoms with E-state index in [9.17, 15) is 4.79 Å². The van der Waals surface area contributed by atoms with E-state index in [0.29, 0.717) is 5.57 Å². The molecule has 0 saturated heterocycles. The van der Waals surface area contributed by atoms with Gasteiger partial charge in [0.1, 0.15) is 0 Å². The van der Waals surface area contributed by atoms with Gasteiger partial charge in [-0.2, -0.15) is 0 Å². The lowest BCUT2D eigenvalue weighted by Gasteiger charge is -1.94. The number of carbonyl (C=O) groups is 2. The molecule has 0 aliphatic rings. The van der Waals surface area contributed by atoms with Crippen molar-refractivity contribution in [2.24, 2.45) is 0 Å². The Morgan fingerprint density at radius 2 is 1.62 bits per heavy atom. The second kappa shape index (κ2) is 7.70. The van der Waals surface area contributed by atoms with Gasteiger partial charge < -0.3 is 5.11 Å². The summed E-state index contributed by atoms with van der Waals surface area (Å²) in [6.07, 6.45) is 1.81. The standard InChI is InChI=1S/C10H10OS.C2H4O2/c1-8(10(11)12)7-9-5-3-2-4-6-9;1-2(3)4/h2-7H,1H3,(H,11,12);1H3,(H,3,4). The Labute approximate surface area is 100 Å². The third kappa shape index (κ3) is 7.82. The zero-order valence-corrected chi connectivity index (χ0v) is 10.1. The Balaban J connectivity index is 0.000000487. The Hall–Kier alpha value is -1.55. The molecule has 0 amide bonds. The zero-order valence-electron chi connectivity index (χ0n) is 9.18. The summed E-state index contributed by atoms with van der Waals surface area (Å²) < 4.78 is 0. The third-order valence-corrected chi connectivity index (χ3v) is 1.87. The van der Waals surface area contributed by atoms with Crippen LogP contribution in [0.4, 0.5) is 0 Å². The SMILES string of the molecule is CC(=Cc1ccccc1)C(=O)S.CC(=O)O. The Morgan fingerprint density at radius 1 is 1.19 bits per heavy atom. The van der Waals surface area contributed by atoms with Gasteiger partial charge in [0.05, 0.1) is 0 Å². The number of rotatable bonds is 2. The maximum absolute atomic E-state index is 10.7. The average molecular weight is 238 g/mol. The van der Waals surface area contributed by atoms with E-state index in [0.717, 1.165) is 12.5 Å². The number of benzene rings is 1. The van der Waals surface area contributed by atoms with E-state index >= 15 is 0 Å². The molecular formula is C12H14O3S. The summed E-state index contributed by atoms with van der Waals surface area (Å²) in [6.45, 7) is 2.84. The molecule has 1 N–H and O–H groups in total. The zero-order chi connectivity index (χ0) is 12.6. The van der Waals surface area contributed by atoms with Gasteiger partial charge in [-0.05, 0) is 18.6 Å². The highest BCUT2D eigenvalue weighted by atomic mass is 32.1. The van der Waals surface area contributed by atoms with Crippen molar-refractivity contribution in [1.82, 2.24) is 0 Å². The fourth-order valence-corrected chi connectivity index (χ4v) is 0.926. The van der Waals surface area contributed by atoms with Crippen molar-refractivity contribution in [2.75, 3.05) is 0 Å². The number of hydrogen-bond donors (Lipinski definition) is 2. The van der Waals surface area contributed by atoms with Gasteiger partial charge in [0.2, 0.25) is 5.12 Å². The van der Waals surface area contributed by atoms with Crippen LogP contribution in [0.5, 0.6) is 0 Å². The highest BCUT2D eigenvalue weighted by molar-refractivity contribution is 7.97. The van der Waals surface area contributed by atoms with Gasteiger partial charge in [-0.1, -0.05) is 30.3 Å². The summed E-state index contributed by atoms with van der Waals surface area (Å²) >= 11 is 3.72. The van der Waals surface area contributed by atoms with Crippen molar-refractivity contribution in [2.45, 2.75) is 13.8 Å². The molecule has 0 saturated carbocycles. The van der Waals surface area contributed by atoms with E-state index in [1.807, 2.05) is 36.4 Å². The molecule has 1 aromatic carbocycles. The van der Waals surface area contributed by atoms with Crippen LogP contribution in [-0.2, 0) is 9.59 Å². The van der Waals surface area contributed by atoms with Gasteiger partial charge in [0.25, 0.3) is 5.97 Å². The van der Waals surface area contributed by atoms with Crippen LogP contribution in [0.25, 0.3) is 6.08 Å². The van der Waals surface area contributed by atoms with Crippen LogP contribution < -0.4 is 0 Å². The summed E-state index contributed by atoms with van der Waals surface area (Å²) in [5.41, 5.74) is 1.68. The van der Waals surface area contributed by atoms with Crippen LogP contribution in [-0.4, -0.2) is 16.2 Å². The topological polar surface area (TPSA) is 54.4 Å². The summed E-state index contributed by atoms with van der Waals surface area (Å²) in [5, 5.41) is 7.24. The first kappa shape index (κ1) is 14.5. The third-order valence-electron chi connectivity index (χ3n) is 1.52. The molecule has 0 aliphatic carbocycles. The monoisotopic (exact) mass is 238 g/mol. The van der Waals surface area contributed by atoms with Gasteiger partial charge >= 0.3 is 0 Å². The molecule has 0 spiro atoms. The van der Waals surface area contributed by atoms with Gasteiger partial charge in [0.15, 0.2) is 0 Å². The molecule has 1 rings (SSSR count). The summed E-state index contributed by atoms with van der Waals surface area (Å²) in [5.74, 6) is -0.833. The molecule has 0 heterocycles. The quantitative estimate of drug-likeness (QED) is 0.615. The number of thiol groups is 1. The number of carboxylic acid groups (broad SMARTS) is 1. The number of hydrogen-bond acceptors (Lipinski definition) is 2. The molecule has 0 atom stereocenters. The van der Waals surface area contributed by atoms with Crippen molar-refractivity contribution in [3.05, 3.63) is 41.5 Å². The van der Waals surface area contributed by atoms with Crippen molar-refractivity contribution >= 4 is 29.8 Å². The van der Waals surface area contributed by atoms with Crippen LogP contribution in [0, 0.1) is 0 Å². The Morgan fingerprint density at radius 3 is 2.00 bits per heavy atom. The van der Waals surface area contributed by atoms with Crippen LogP contribution >= 0.6 is 12.6 Å². The largest absolute Gasteiger partial charge is 0.481 e. The molecule has 86 valence electrons. The predicted molar refractivity (Wildman–Crippen MR) is 67.4 cm³/mol. The second-order valence-electron chi connectivity index (χ2n) is 3.06. The summed E-state index contributed by atoms with van der Waals surface area (Å²) in [4.78, 5) is 19.7. The Kier molecular flexibility index (Phi) is 6.96. The predicted octanol–water partition coefficient (Wildman–Crippen LogP) is 2.64. The number of aliphatic carboxylic acids is 1. The first-order valence-corrected chi connectivity index (χ1v) is 5.04. The van der Waals surface area contributed by atoms with Crippen LogP contribution in [0.3, 0.4) is 0 Å². The molecule has 0 unspecified atom stereocenters. The molecular weight excluding hydrogens is 224 g/mol. The molecule has 1 aromatic rings. The van der Waals surface area contributed by atoms with E-state index in [-0.39, 0.29) is 5.12 Å². The van der Waals surface area contributed by atoms with Crippen LogP contribution in [0.2, 0.25) is 0 Å². The highest BCUT2D eigenvalue weighted by Crippen LogP contribution is 2.07. The van der Waals surface area contributed by atoms with E-state index in [4.69, 9.17) is 9.90 Å². The average Bonchev–Trinajstić information content (AvgIpc) is 2.18. The normalized spacial score (nSPS) is 10.1. The fourth-order valence-electron chi connectivity index (χ4n) is 0.861. The van der Waals surface area contributed by atoms with Crippen LogP contribution in [0.1, 0.15) is 19.4 Å². The molecule has 3 nitrogen and oxygen atoms in total. The maximum Gasteiger partial charge on any atom is 0.300 e. The smallest absolute Gasteiger partial charge is 0.300 e. The highest BCUT2D eigenvalue weighted by Gasteiger charge is 1.95. The maximum atomic E-state index is 10.7. The lowest BCUT2D eigenvalue weighted by molar-refractivity contribution is -0.134. The number of carboxylic acids is 1. The van der Waals surface area contributed by atoms with Gasteiger partial charge in [-0.3, -0.25) is 9.59 Å². The van der Waals surface area contributed by atoms with Crippen LogP contribution in [0.15, 0.2) is 35.9 Å². The van der Waals surface area contributed by atoms with Crippen molar-refractivity contribution in [3.8, 4) is 0 Å². The molecule has 0 aromatic heterocycles. The molecule has 0 radical (unpaired) electrons. The Bertz CT molecular complexity index is 379. The van der Waals surface area contributed by atoms with E-state index in [2.05, 4.69) is 12.6 Å². The number of carbonyl (C=O) groups excluding carboxylic acids is 1. The van der Waals surface area contributed by atoms with E-state index in [1.165, 1.54) is 0 Å². The lowest BCUT2D eigenvalue weighted by Crippen LogP contribution is -1.86.